The molecule has 10 nitrogen and oxygen atoms in total. The van der Waals surface area contributed by atoms with Crippen LogP contribution in [0.3, 0.4) is 0 Å². The fourth-order valence-corrected chi connectivity index (χ4v) is 6.92. The van der Waals surface area contributed by atoms with Crippen molar-refractivity contribution in [3.05, 3.63) is 89.3 Å². The van der Waals surface area contributed by atoms with Crippen LogP contribution in [0.4, 0.5) is 0 Å². The third-order valence-corrected chi connectivity index (χ3v) is 8.89. The minimum absolute atomic E-state index is 0.159. The first-order valence-electron chi connectivity index (χ1n) is 15.8. The standard InChI is InChI=1S/C37H43NO9/c1-21(2)16-29-24(5)34(44-25(6)39)37(47-26(7)40)19-23(4)33(46-35(42)27-12-9-8-10-13-27)30(37)17-22(3)32(18-31(29)41)45-36(43)28-14-11-15-38-20-28/h8-17,20,23-24,29-30,32-34H,18-19H2,1-7H3/b22-17+/t23-,24-,29-,30+,32-,33+,34-,37-/m1/s1. The Morgan fingerprint density at radius 1 is 0.872 bits per heavy atom. The average Bonchev–Trinajstić information content (AvgIpc) is 3.27. The minimum atomic E-state index is -1.54. The van der Waals surface area contributed by atoms with Gasteiger partial charge >= 0.3 is 23.9 Å². The fourth-order valence-electron chi connectivity index (χ4n) is 6.92. The predicted octanol–water partition coefficient (Wildman–Crippen LogP) is 5.86. The summed E-state index contributed by atoms with van der Waals surface area (Å²) in [6, 6.07) is 11.7. The largest absolute Gasteiger partial charge is 0.458 e. The number of pyridine rings is 1. The molecule has 0 unspecified atom stereocenters. The van der Waals surface area contributed by atoms with Crippen molar-refractivity contribution in [1.29, 1.82) is 0 Å². The molecule has 1 heterocycles. The zero-order valence-electron chi connectivity index (χ0n) is 27.9. The molecule has 0 amide bonds. The monoisotopic (exact) mass is 645 g/mol. The zero-order chi connectivity index (χ0) is 34.5. The van der Waals surface area contributed by atoms with E-state index in [9.17, 15) is 24.0 Å². The lowest BCUT2D eigenvalue weighted by molar-refractivity contribution is -0.200. The van der Waals surface area contributed by atoms with Gasteiger partial charge in [0.05, 0.1) is 17.0 Å². The molecule has 1 aromatic carbocycles. The van der Waals surface area contributed by atoms with Crippen LogP contribution >= 0.6 is 0 Å². The number of rotatable bonds is 7. The van der Waals surface area contributed by atoms with E-state index < -0.39 is 65.5 Å². The van der Waals surface area contributed by atoms with E-state index in [1.54, 1.807) is 68.5 Å². The van der Waals surface area contributed by atoms with Gasteiger partial charge in [-0.1, -0.05) is 49.8 Å². The van der Waals surface area contributed by atoms with Crippen LogP contribution in [0, 0.1) is 23.7 Å². The summed E-state index contributed by atoms with van der Waals surface area (Å²) in [5.41, 5.74) is 0.347. The first-order chi connectivity index (χ1) is 22.2. The van der Waals surface area contributed by atoms with E-state index in [-0.39, 0.29) is 30.1 Å². The highest BCUT2D eigenvalue weighted by Crippen LogP contribution is 2.52. The second kappa shape index (κ2) is 14.9. The summed E-state index contributed by atoms with van der Waals surface area (Å²) in [6.45, 7) is 11.6. The van der Waals surface area contributed by atoms with Crippen LogP contribution in [0.25, 0.3) is 0 Å². The summed E-state index contributed by atoms with van der Waals surface area (Å²) in [6.07, 6.45) is 3.51. The zero-order valence-corrected chi connectivity index (χ0v) is 27.9. The van der Waals surface area contributed by atoms with Gasteiger partial charge in [-0.15, -0.1) is 0 Å². The summed E-state index contributed by atoms with van der Waals surface area (Å²) >= 11 is 0. The lowest BCUT2D eigenvalue weighted by Crippen LogP contribution is -2.57. The molecular formula is C37H43NO9. The predicted molar refractivity (Wildman–Crippen MR) is 172 cm³/mol. The second-order valence-corrected chi connectivity index (χ2v) is 12.9. The maximum absolute atomic E-state index is 14.1. The molecule has 0 saturated heterocycles. The molecule has 0 radical (unpaired) electrons. The summed E-state index contributed by atoms with van der Waals surface area (Å²) in [5, 5.41) is 0. The number of carbonyl (C=O) groups is 5. The summed E-state index contributed by atoms with van der Waals surface area (Å²) in [4.78, 5) is 70.5. The summed E-state index contributed by atoms with van der Waals surface area (Å²) in [7, 11) is 0. The topological polar surface area (TPSA) is 135 Å². The SMILES string of the molecule is CC(=O)O[C@@H]1[C@H](C)[C@@H](C=C(C)C)C(=O)C[C@@H](OC(=O)c2cccnc2)/C(C)=C/[C@H]2[C@@H](OC(=O)c3ccccc3)[C@H](C)C[C@]12OC(C)=O. The van der Waals surface area contributed by atoms with Crippen molar-refractivity contribution < 1.29 is 42.9 Å². The molecule has 47 heavy (non-hydrogen) atoms. The average molecular weight is 646 g/mol. The number of allylic oxidation sites excluding steroid dienone is 2. The van der Waals surface area contributed by atoms with Gasteiger partial charge in [0.2, 0.25) is 0 Å². The number of benzene rings is 1. The normalized spacial score (nSPS) is 30.1. The van der Waals surface area contributed by atoms with Crippen molar-refractivity contribution in [1.82, 2.24) is 4.98 Å². The van der Waals surface area contributed by atoms with Crippen LogP contribution < -0.4 is 0 Å². The Balaban J connectivity index is 1.94. The number of nitrogens with zero attached hydrogens (tertiary/aromatic N) is 1. The Morgan fingerprint density at radius 3 is 2.13 bits per heavy atom. The van der Waals surface area contributed by atoms with Crippen molar-refractivity contribution >= 4 is 29.7 Å². The number of fused-ring (bicyclic) bond motifs is 1. The van der Waals surface area contributed by atoms with Crippen LogP contribution in [0.1, 0.15) is 82.0 Å². The summed E-state index contributed by atoms with van der Waals surface area (Å²) in [5.74, 6) is -5.45. The highest BCUT2D eigenvalue weighted by atomic mass is 16.6. The van der Waals surface area contributed by atoms with Gasteiger partial charge in [-0.3, -0.25) is 19.4 Å². The lowest BCUT2D eigenvalue weighted by atomic mass is 9.71. The summed E-state index contributed by atoms with van der Waals surface area (Å²) < 4.78 is 24.4. The van der Waals surface area contributed by atoms with E-state index in [4.69, 9.17) is 18.9 Å². The Kier molecular flexibility index (Phi) is 11.2. The van der Waals surface area contributed by atoms with Gasteiger partial charge in [0, 0.05) is 44.5 Å². The Labute approximate surface area is 275 Å². The number of ether oxygens (including phenoxy) is 4. The first-order valence-corrected chi connectivity index (χ1v) is 15.8. The van der Waals surface area contributed by atoms with Crippen molar-refractivity contribution in [3.8, 4) is 0 Å². The molecule has 250 valence electrons. The smallest absolute Gasteiger partial charge is 0.340 e. The lowest BCUT2D eigenvalue weighted by Gasteiger charge is -2.45. The van der Waals surface area contributed by atoms with Crippen molar-refractivity contribution in [2.45, 2.75) is 85.2 Å². The van der Waals surface area contributed by atoms with Crippen LogP contribution in [0.15, 0.2) is 78.2 Å². The molecule has 1 fully saturated rings. The van der Waals surface area contributed by atoms with Crippen LogP contribution in [-0.4, -0.2) is 58.6 Å². The minimum Gasteiger partial charge on any atom is -0.458 e. The van der Waals surface area contributed by atoms with Crippen LogP contribution in [0.5, 0.6) is 0 Å². The molecule has 0 spiro atoms. The number of Topliss-reactive ketones (excluding diaryl/α,β-unsaturated/α-hetero) is 1. The van der Waals surface area contributed by atoms with Crippen molar-refractivity contribution in [2.75, 3.05) is 0 Å². The van der Waals surface area contributed by atoms with E-state index in [1.165, 1.54) is 26.2 Å². The molecule has 4 rings (SSSR count). The molecule has 0 N–H and O–H groups in total. The molecule has 2 aliphatic rings. The third-order valence-electron chi connectivity index (χ3n) is 8.89. The molecule has 2 aromatic rings. The fraction of sp³-hybridized carbons (Fsp3) is 0.459. The molecule has 10 heteroatoms. The molecule has 0 aliphatic heterocycles. The molecule has 1 aromatic heterocycles. The number of carbonyl (C=O) groups excluding carboxylic acids is 5. The van der Waals surface area contributed by atoms with Gasteiger partial charge in [-0.05, 0) is 62.9 Å². The van der Waals surface area contributed by atoms with E-state index in [0.717, 1.165) is 5.57 Å². The molecule has 0 bridgehead atoms. The molecule has 8 atom stereocenters. The van der Waals surface area contributed by atoms with Crippen LogP contribution in [-0.2, 0) is 33.3 Å². The Morgan fingerprint density at radius 2 is 1.53 bits per heavy atom. The van der Waals surface area contributed by atoms with E-state index in [0.29, 0.717) is 11.1 Å². The van der Waals surface area contributed by atoms with Gasteiger partial charge < -0.3 is 18.9 Å². The van der Waals surface area contributed by atoms with Gasteiger partial charge in [-0.2, -0.15) is 0 Å². The van der Waals surface area contributed by atoms with Gasteiger partial charge in [0.25, 0.3) is 0 Å². The van der Waals surface area contributed by atoms with Crippen LogP contribution in [0.2, 0.25) is 0 Å². The maximum atomic E-state index is 14.1. The Bertz CT molecular complexity index is 1550. The molecular weight excluding hydrogens is 602 g/mol. The quantitative estimate of drug-likeness (QED) is 0.205. The van der Waals surface area contributed by atoms with E-state index >= 15 is 0 Å². The number of hydrogen-bond acceptors (Lipinski definition) is 10. The number of esters is 4. The van der Waals surface area contributed by atoms with Gasteiger partial charge in [-0.25, -0.2) is 9.59 Å². The van der Waals surface area contributed by atoms with E-state index in [2.05, 4.69) is 4.98 Å². The van der Waals surface area contributed by atoms with Crippen molar-refractivity contribution in [2.24, 2.45) is 23.7 Å². The number of hydrogen-bond donors (Lipinski definition) is 0. The third kappa shape index (κ3) is 8.04. The maximum Gasteiger partial charge on any atom is 0.340 e. The highest BCUT2D eigenvalue weighted by Gasteiger charge is 2.63. The molecule has 1 saturated carbocycles. The van der Waals surface area contributed by atoms with E-state index in [1.807, 2.05) is 20.8 Å². The van der Waals surface area contributed by atoms with Gasteiger partial charge in [0.15, 0.2) is 5.60 Å². The van der Waals surface area contributed by atoms with Crippen molar-refractivity contribution in [3.63, 3.8) is 0 Å². The highest BCUT2D eigenvalue weighted by molar-refractivity contribution is 5.90. The second-order valence-electron chi connectivity index (χ2n) is 12.9. The van der Waals surface area contributed by atoms with Gasteiger partial charge in [0.1, 0.15) is 24.1 Å². The number of ketones is 1. The first kappa shape index (κ1) is 35.3. The Hall–Kier alpha value is -4.60. The molecule has 2 aliphatic carbocycles. The number of aromatic nitrogens is 1.